The summed E-state index contributed by atoms with van der Waals surface area (Å²) in [6, 6.07) is 14.5. The molecule has 2 heterocycles. The maximum atomic E-state index is 12.9. The topological polar surface area (TPSA) is 51.0 Å². The van der Waals surface area contributed by atoms with Gasteiger partial charge in [0.1, 0.15) is 12.7 Å². The number of carbonyl (C=O) groups is 1. The van der Waals surface area contributed by atoms with Crippen LogP contribution in [-0.2, 0) is 25.9 Å². The molecule has 0 saturated heterocycles. The van der Waals surface area contributed by atoms with Crippen LogP contribution in [0.3, 0.4) is 0 Å². The van der Waals surface area contributed by atoms with Gasteiger partial charge in [-0.1, -0.05) is 37.3 Å². The van der Waals surface area contributed by atoms with Crippen molar-refractivity contribution in [2.24, 2.45) is 0 Å². The van der Waals surface area contributed by atoms with Crippen molar-refractivity contribution in [2.45, 2.75) is 32.9 Å². The standard InChI is InChI=1S/C21H22N4O/c1-2-16-3-6-18-9-10-24(13-20(18)11-16)21(26)19-7-4-17(5-8-19)12-25-15-22-14-23-25/h3-8,11,14-15H,2,9-10,12-13H2,1H3. The maximum Gasteiger partial charge on any atom is 0.254 e. The van der Waals surface area contributed by atoms with E-state index in [-0.39, 0.29) is 5.91 Å². The first-order valence-electron chi connectivity index (χ1n) is 9.04. The highest BCUT2D eigenvalue weighted by Crippen LogP contribution is 2.22. The van der Waals surface area contributed by atoms with Gasteiger partial charge in [-0.25, -0.2) is 9.67 Å². The van der Waals surface area contributed by atoms with E-state index < -0.39 is 0 Å². The van der Waals surface area contributed by atoms with Gasteiger partial charge < -0.3 is 4.90 Å². The van der Waals surface area contributed by atoms with E-state index in [4.69, 9.17) is 0 Å². The third-order valence-corrected chi connectivity index (χ3v) is 4.99. The molecule has 0 spiro atoms. The van der Waals surface area contributed by atoms with E-state index in [1.54, 1.807) is 11.0 Å². The molecule has 0 aliphatic carbocycles. The van der Waals surface area contributed by atoms with Crippen molar-refractivity contribution in [1.82, 2.24) is 19.7 Å². The molecule has 26 heavy (non-hydrogen) atoms. The van der Waals surface area contributed by atoms with Crippen LogP contribution < -0.4 is 0 Å². The summed E-state index contributed by atoms with van der Waals surface area (Å²) in [5, 5.41) is 4.11. The van der Waals surface area contributed by atoms with Crippen LogP contribution in [0.4, 0.5) is 0 Å². The summed E-state index contributed by atoms with van der Waals surface area (Å²) >= 11 is 0. The van der Waals surface area contributed by atoms with Crippen LogP contribution in [-0.4, -0.2) is 32.1 Å². The molecule has 0 radical (unpaired) electrons. The largest absolute Gasteiger partial charge is 0.334 e. The predicted octanol–water partition coefficient (Wildman–Crippen LogP) is 3.09. The van der Waals surface area contributed by atoms with Gasteiger partial charge >= 0.3 is 0 Å². The summed E-state index contributed by atoms with van der Waals surface area (Å²) in [6.07, 6.45) is 5.16. The van der Waals surface area contributed by atoms with E-state index in [1.807, 2.05) is 29.2 Å². The Balaban J connectivity index is 1.47. The third kappa shape index (κ3) is 3.38. The molecule has 1 amide bonds. The molecule has 0 fully saturated rings. The normalized spacial score (nSPS) is 13.5. The van der Waals surface area contributed by atoms with Gasteiger partial charge in [-0.2, -0.15) is 5.10 Å². The quantitative estimate of drug-likeness (QED) is 0.729. The van der Waals surface area contributed by atoms with Gasteiger partial charge in [0.05, 0.1) is 6.54 Å². The summed E-state index contributed by atoms with van der Waals surface area (Å²) in [5.41, 5.74) is 5.82. The van der Waals surface area contributed by atoms with Crippen molar-refractivity contribution in [3.8, 4) is 0 Å². The summed E-state index contributed by atoms with van der Waals surface area (Å²) in [4.78, 5) is 18.8. The van der Waals surface area contributed by atoms with Crippen molar-refractivity contribution in [2.75, 3.05) is 6.54 Å². The number of hydrogen-bond donors (Lipinski definition) is 0. The molecule has 0 N–H and O–H groups in total. The zero-order chi connectivity index (χ0) is 17.9. The van der Waals surface area contributed by atoms with Gasteiger partial charge in [0, 0.05) is 18.7 Å². The highest BCUT2D eigenvalue weighted by molar-refractivity contribution is 5.94. The molecule has 5 heteroatoms. The lowest BCUT2D eigenvalue weighted by molar-refractivity contribution is 0.0734. The molecule has 1 aromatic heterocycles. The second kappa shape index (κ2) is 7.12. The fourth-order valence-corrected chi connectivity index (χ4v) is 3.44. The monoisotopic (exact) mass is 346 g/mol. The Labute approximate surface area is 153 Å². The number of hydrogen-bond acceptors (Lipinski definition) is 3. The van der Waals surface area contributed by atoms with Crippen LogP contribution in [0.25, 0.3) is 0 Å². The lowest BCUT2D eigenvalue weighted by Gasteiger charge is -2.29. The number of nitrogens with zero attached hydrogens (tertiary/aromatic N) is 4. The minimum Gasteiger partial charge on any atom is -0.334 e. The Morgan fingerprint density at radius 3 is 2.62 bits per heavy atom. The third-order valence-electron chi connectivity index (χ3n) is 4.99. The molecule has 0 atom stereocenters. The van der Waals surface area contributed by atoms with E-state index >= 15 is 0 Å². The molecule has 4 rings (SSSR count). The van der Waals surface area contributed by atoms with Crippen LogP contribution in [0.2, 0.25) is 0 Å². The van der Waals surface area contributed by atoms with Crippen LogP contribution in [0.5, 0.6) is 0 Å². The van der Waals surface area contributed by atoms with Crippen LogP contribution in [0, 0.1) is 0 Å². The first-order valence-corrected chi connectivity index (χ1v) is 9.04. The molecule has 132 valence electrons. The Morgan fingerprint density at radius 1 is 1.08 bits per heavy atom. The molecule has 0 unspecified atom stereocenters. The zero-order valence-electron chi connectivity index (χ0n) is 14.9. The molecule has 1 aliphatic rings. The smallest absolute Gasteiger partial charge is 0.254 e. The number of aromatic nitrogens is 3. The Kier molecular flexibility index (Phi) is 4.52. The van der Waals surface area contributed by atoms with Crippen molar-refractivity contribution in [3.05, 3.63) is 82.9 Å². The number of amides is 1. The Morgan fingerprint density at radius 2 is 1.88 bits per heavy atom. The van der Waals surface area contributed by atoms with Crippen molar-refractivity contribution < 1.29 is 4.79 Å². The fourth-order valence-electron chi connectivity index (χ4n) is 3.44. The molecular formula is C21H22N4O. The molecule has 0 saturated carbocycles. The number of fused-ring (bicyclic) bond motifs is 1. The summed E-state index contributed by atoms with van der Waals surface area (Å²) in [5.74, 6) is 0.102. The number of rotatable bonds is 4. The van der Waals surface area contributed by atoms with Gasteiger partial charge in [0.15, 0.2) is 0 Å². The Bertz CT molecular complexity index is 900. The minimum atomic E-state index is 0.102. The fraction of sp³-hybridized carbons (Fsp3) is 0.286. The van der Waals surface area contributed by atoms with Gasteiger partial charge in [0.25, 0.3) is 5.91 Å². The highest BCUT2D eigenvalue weighted by Gasteiger charge is 2.21. The average Bonchev–Trinajstić information content (AvgIpc) is 3.20. The highest BCUT2D eigenvalue weighted by atomic mass is 16.2. The van der Waals surface area contributed by atoms with Crippen molar-refractivity contribution in [3.63, 3.8) is 0 Å². The second-order valence-corrected chi connectivity index (χ2v) is 6.72. The van der Waals surface area contributed by atoms with Gasteiger partial charge in [0.2, 0.25) is 0 Å². The van der Waals surface area contributed by atoms with E-state index in [0.717, 1.165) is 30.5 Å². The van der Waals surface area contributed by atoms with E-state index in [9.17, 15) is 4.79 Å². The number of aryl methyl sites for hydroxylation is 1. The molecule has 3 aromatic rings. The maximum absolute atomic E-state index is 12.9. The summed E-state index contributed by atoms with van der Waals surface area (Å²) in [6.45, 7) is 4.29. The van der Waals surface area contributed by atoms with E-state index in [1.165, 1.54) is 23.0 Å². The first-order chi connectivity index (χ1) is 12.7. The predicted molar refractivity (Wildman–Crippen MR) is 99.8 cm³/mol. The minimum absolute atomic E-state index is 0.102. The average molecular weight is 346 g/mol. The number of carbonyl (C=O) groups excluding carboxylic acids is 1. The van der Waals surface area contributed by atoms with Gasteiger partial charge in [-0.3, -0.25) is 4.79 Å². The Hall–Kier alpha value is -2.95. The SMILES string of the molecule is CCc1ccc2c(c1)CN(C(=O)c1ccc(Cn3cncn3)cc1)CC2. The molecule has 0 bridgehead atoms. The lowest BCUT2D eigenvalue weighted by Crippen LogP contribution is -2.36. The second-order valence-electron chi connectivity index (χ2n) is 6.72. The summed E-state index contributed by atoms with van der Waals surface area (Å²) in [7, 11) is 0. The first kappa shape index (κ1) is 16.5. The summed E-state index contributed by atoms with van der Waals surface area (Å²) < 4.78 is 1.77. The lowest BCUT2D eigenvalue weighted by atomic mass is 9.96. The number of benzene rings is 2. The molecule has 5 nitrogen and oxygen atoms in total. The van der Waals surface area contributed by atoms with Gasteiger partial charge in [-0.15, -0.1) is 0 Å². The molecule has 1 aliphatic heterocycles. The van der Waals surface area contributed by atoms with E-state index in [0.29, 0.717) is 13.1 Å². The van der Waals surface area contributed by atoms with Crippen molar-refractivity contribution >= 4 is 5.91 Å². The van der Waals surface area contributed by atoms with Gasteiger partial charge in [-0.05, 0) is 47.2 Å². The zero-order valence-corrected chi connectivity index (χ0v) is 14.9. The molecule has 2 aromatic carbocycles. The van der Waals surface area contributed by atoms with Crippen LogP contribution in [0.15, 0.2) is 55.1 Å². The van der Waals surface area contributed by atoms with E-state index in [2.05, 4.69) is 35.2 Å². The van der Waals surface area contributed by atoms with Crippen LogP contribution >= 0.6 is 0 Å². The van der Waals surface area contributed by atoms with Crippen molar-refractivity contribution in [1.29, 1.82) is 0 Å². The molecular weight excluding hydrogens is 324 g/mol. The van der Waals surface area contributed by atoms with Crippen LogP contribution in [0.1, 0.15) is 39.5 Å².